The molecule has 0 aliphatic heterocycles. The van der Waals surface area contributed by atoms with E-state index in [-0.39, 0.29) is 28.8 Å². The van der Waals surface area contributed by atoms with Gasteiger partial charge in [-0.2, -0.15) is 13.2 Å². The maximum Gasteiger partial charge on any atom is 0.421 e. The zero-order chi connectivity index (χ0) is 16.4. The molecule has 1 aliphatic carbocycles. The molecule has 0 bridgehead atoms. The monoisotopic (exact) mass is 334 g/mol. The Morgan fingerprint density at radius 1 is 1.41 bits per heavy atom. The van der Waals surface area contributed by atoms with Crippen LogP contribution in [0.15, 0.2) is 23.3 Å². The summed E-state index contributed by atoms with van der Waals surface area (Å²) in [6.07, 6.45) is -3.17. The van der Waals surface area contributed by atoms with Crippen molar-refractivity contribution in [3.63, 3.8) is 0 Å². The number of rotatable bonds is 6. The van der Waals surface area contributed by atoms with Crippen molar-refractivity contribution in [2.24, 2.45) is 11.0 Å². The van der Waals surface area contributed by atoms with Crippen molar-refractivity contribution in [2.75, 3.05) is 18.9 Å². The Kier molecular flexibility index (Phi) is 4.75. The van der Waals surface area contributed by atoms with E-state index in [0.29, 0.717) is 0 Å². The molecule has 0 spiro atoms. The van der Waals surface area contributed by atoms with Crippen LogP contribution in [0, 0.1) is 5.92 Å². The molecule has 120 valence electrons. The van der Waals surface area contributed by atoms with Gasteiger partial charge in [0.1, 0.15) is 0 Å². The molecule has 1 unspecified atom stereocenters. The van der Waals surface area contributed by atoms with Gasteiger partial charge in [-0.15, -0.1) is 0 Å². The second-order valence-corrected chi connectivity index (χ2v) is 5.64. The van der Waals surface area contributed by atoms with Crippen molar-refractivity contribution in [3.8, 4) is 0 Å². The van der Waals surface area contributed by atoms with E-state index in [0.717, 1.165) is 18.9 Å². The third kappa shape index (κ3) is 3.40. The Morgan fingerprint density at radius 2 is 2.09 bits per heavy atom. The van der Waals surface area contributed by atoms with E-state index in [9.17, 15) is 13.2 Å². The first kappa shape index (κ1) is 16.7. The lowest BCUT2D eigenvalue weighted by Crippen LogP contribution is -2.48. The summed E-state index contributed by atoms with van der Waals surface area (Å²) in [6, 6.07) is 3.76. The van der Waals surface area contributed by atoms with Gasteiger partial charge in [-0.1, -0.05) is 16.7 Å². The van der Waals surface area contributed by atoms with Crippen molar-refractivity contribution in [1.82, 2.24) is 0 Å². The molecule has 1 aromatic rings. The number of ether oxygens (including phenoxy) is 1. The molecule has 5 nitrogen and oxygen atoms in total. The lowest BCUT2D eigenvalue weighted by Gasteiger charge is -2.36. The fourth-order valence-corrected chi connectivity index (χ4v) is 2.26. The zero-order valence-electron chi connectivity index (χ0n) is 11.5. The Balaban J connectivity index is 2.52. The van der Waals surface area contributed by atoms with Crippen LogP contribution in [0.25, 0.3) is 10.4 Å². The Hall–Kier alpha value is -1.63. The first-order chi connectivity index (χ1) is 10.3. The molecule has 1 atom stereocenters. The minimum atomic E-state index is -4.81. The second kappa shape index (κ2) is 6.24. The van der Waals surface area contributed by atoms with Gasteiger partial charge in [0, 0.05) is 21.2 Å². The van der Waals surface area contributed by atoms with E-state index >= 15 is 0 Å². The lowest BCUT2D eigenvalue weighted by molar-refractivity contribution is -0.281. The van der Waals surface area contributed by atoms with Crippen LogP contribution in [0.5, 0.6) is 0 Å². The second-order valence-electron chi connectivity index (χ2n) is 5.20. The summed E-state index contributed by atoms with van der Waals surface area (Å²) in [5.41, 5.74) is 10.9. The number of nitrogens with zero attached hydrogens (tertiary/aromatic N) is 3. The van der Waals surface area contributed by atoms with Crippen LogP contribution in [0.3, 0.4) is 0 Å². The van der Waals surface area contributed by atoms with Gasteiger partial charge in [0.25, 0.3) is 0 Å². The largest absolute Gasteiger partial charge is 0.421 e. The summed E-state index contributed by atoms with van der Waals surface area (Å²) < 4.78 is 46.5. The molecule has 1 saturated carbocycles. The van der Waals surface area contributed by atoms with Gasteiger partial charge >= 0.3 is 6.18 Å². The lowest BCUT2D eigenvalue weighted by atomic mass is 9.91. The first-order valence-electron chi connectivity index (χ1n) is 6.57. The number of alkyl halides is 3. The van der Waals surface area contributed by atoms with Crippen LogP contribution in [0.4, 0.5) is 18.9 Å². The molecule has 0 saturated heterocycles. The molecule has 1 aromatic carbocycles. The summed E-state index contributed by atoms with van der Waals surface area (Å²) in [5, 5.41) is 3.18. The molecular formula is C13H14ClF3N4O. The molecule has 1 fully saturated rings. The summed E-state index contributed by atoms with van der Waals surface area (Å²) in [7, 11) is 0. The van der Waals surface area contributed by atoms with Crippen molar-refractivity contribution < 1.29 is 17.9 Å². The Labute approximate surface area is 129 Å². The number of hydrogen-bond acceptors (Lipinski definition) is 3. The van der Waals surface area contributed by atoms with Crippen molar-refractivity contribution in [3.05, 3.63) is 39.2 Å². The number of halogens is 4. The van der Waals surface area contributed by atoms with Crippen molar-refractivity contribution >= 4 is 17.3 Å². The number of hydrogen-bond donors (Lipinski definition) is 1. The smallest absolute Gasteiger partial charge is 0.398 e. The average molecular weight is 335 g/mol. The average Bonchev–Trinajstić information content (AvgIpc) is 3.25. The van der Waals surface area contributed by atoms with E-state index in [4.69, 9.17) is 27.6 Å². The minimum Gasteiger partial charge on any atom is -0.398 e. The molecule has 0 aromatic heterocycles. The van der Waals surface area contributed by atoms with Crippen LogP contribution < -0.4 is 5.73 Å². The van der Waals surface area contributed by atoms with E-state index in [1.807, 2.05) is 0 Å². The third-order valence-corrected chi connectivity index (χ3v) is 3.76. The predicted octanol–water partition coefficient (Wildman–Crippen LogP) is 4.42. The quantitative estimate of drug-likeness (QED) is 0.361. The highest BCUT2D eigenvalue weighted by Gasteiger charge is 2.58. The van der Waals surface area contributed by atoms with Gasteiger partial charge in [-0.3, -0.25) is 0 Å². The normalized spacial score (nSPS) is 17.6. The maximum atomic E-state index is 13.8. The zero-order valence-corrected chi connectivity index (χ0v) is 12.2. The number of azide groups is 1. The number of nitrogen functional groups attached to an aromatic ring is 1. The SMILES string of the molecule is [N-]=[N+]=NCC(OCC1CC1)(c1cc(Cl)ccc1N)C(F)(F)F. The summed E-state index contributed by atoms with van der Waals surface area (Å²) in [4.78, 5) is 2.43. The van der Waals surface area contributed by atoms with Crippen LogP contribution in [-0.2, 0) is 10.3 Å². The minimum absolute atomic E-state index is 0.0770. The molecule has 2 N–H and O–H groups in total. The van der Waals surface area contributed by atoms with E-state index < -0.39 is 18.3 Å². The van der Waals surface area contributed by atoms with Crippen LogP contribution in [-0.4, -0.2) is 19.3 Å². The highest BCUT2D eigenvalue weighted by molar-refractivity contribution is 6.30. The molecule has 1 aliphatic rings. The summed E-state index contributed by atoms with van der Waals surface area (Å²) in [5.74, 6) is 0.0909. The topological polar surface area (TPSA) is 84.0 Å². The highest BCUT2D eigenvalue weighted by Crippen LogP contribution is 2.46. The van der Waals surface area contributed by atoms with Gasteiger partial charge in [0.05, 0.1) is 13.2 Å². The van der Waals surface area contributed by atoms with E-state index in [2.05, 4.69) is 10.0 Å². The maximum absolute atomic E-state index is 13.8. The Bertz CT molecular complexity index is 599. The van der Waals surface area contributed by atoms with Crippen molar-refractivity contribution in [2.45, 2.75) is 24.6 Å². The number of benzene rings is 1. The van der Waals surface area contributed by atoms with Crippen molar-refractivity contribution in [1.29, 1.82) is 0 Å². The molecule has 0 amide bonds. The van der Waals surface area contributed by atoms with Crippen LogP contribution in [0.1, 0.15) is 18.4 Å². The summed E-state index contributed by atoms with van der Waals surface area (Å²) >= 11 is 5.80. The summed E-state index contributed by atoms with van der Waals surface area (Å²) in [6.45, 7) is -1.02. The van der Waals surface area contributed by atoms with Crippen LogP contribution >= 0.6 is 11.6 Å². The Morgan fingerprint density at radius 3 is 2.64 bits per heavy atom. The molecule has 0 heterocycles. The molecule has 0 radical (unpaired) electrons. The molecule has 9 heteroatoms. The predicted molar refractivity (Wildman–Crippen MR) is 76.3 cm³/mol. The van der Waals surface area contributed by atoms with E-state index in [1.54, 1.807) is 0 Å². The molecule has 2 rings (SSSR count). The van der Waals surface area contributed by atoms with Gasteiger partial charge in [-0.05, 0) is 42.5 Å². The van der Waals surface area contributed by atoms with Gasteiger partial charge in [-0.25, -0.2) is 0 Å². The number of anilines is 1. The van der Waals surface area contributed by atoms with Gasteiger partial charge in [0.2, 0.25) is 0 Å². The van der Waals surface area contributed by atoms with Crippen LogP contribution in [0.2, 0.25) is 5.02 Å². The number of nitrogens with two attached hydrogens (primary N) is 1. The van der Waals surface area contributed by atoms with Gasteiger partial charge in [0.15, 0.2) is 5.60 Å². The molecular weight excluding hydrogens is 321 g/mol. The molecule has 22 heavy (non-hydrogen) atoms. The standard InChI is InChI=1S/C13H14ClF3N4O/c14-9-3-4-11(18)10(5-9)12(7-20-21-19,13(15,16)17)22-6-8-1-2-8/h3-5,8H,1-2,6-7,18H2. The third-order valence-electron chi connectivity index (χ3n) is 3.53. The fourth-order valence-electron chi connectivity index (χ4n) is 2.09. The first-order valence-corrected chi connectivity index (χ1v) is 6.95. The van der Waals surface area contributed by atoms with E-state index in [1.165, 1.54) is 12.1 Å². The highest BCUT2D eigenvalue weighted by atomic mass is 35.5. The van der Waals surface area contributed by atoms with Gasteiger partial charge < -0.3 is 10.5 Å². The fraction of sp³-hybridized carbons (Fsp3) is 0.538.